The van der Waals surface area contributed by atoms with Gasteiger partial charge in [-0.1, -0.05) is 41.9 Å². The van der Waals surface area contributed by atoms with Gasteiger partial charge in [-0.05, 0) is 26.0 Å². The highest BCUT2D eigenvalue weighted by molar-refractivity contribution is 6.30. The lowest BCUT2D eigenvalue weighted by molar-refractivity contribution is -0.138. The molecule has 2 amide bonds. The van der Waals surface area contributed by atoms with Crippen molar-refractivity contribution >= 4 is 40.1 Å². The molecule has 0 aliphatic rings. The number of amides is 2. The number of aromatic nitrogens is 1. The Bertz CT molecular complexity index is 1270. The Morgan fingerprint density at radius 1 is 1.09 bits per heavy atom. The summed E-state index contributed by atoms with van der Waals surface area (Å²) in [4.78, 5) is 38.6. The molecule has 0 fully saturated rings. The number of ketones is 1. The van der Waals surface area contributed by atoms with E-state index < -0.39 is 41.2 Å². The Hall–Kier alpha value is -3.40. The van der Waals surface area contributed by atoms with Gasteiger partial charge in [0.15, 0.2) is 0 Å². The molecule has 0 aliphatic heterocycles. The molecule has 35 heavy (non-hydrogen) atoms. The lowest BCUT2D eigenvalue weighted by atomic mass is 10.1. The van der Waals surface area contributed by atoms with Gasteiger partial charge in [-0.2, -0.15) is 13.2 Å². The van der Waals surface area contributed by atoms with Gasteiger partial charge in [-0.3, -0.25) is 14.4 Å². The summed E-state index contributed by atoms with van der Waals surface area (Å²) in [6.45, 7) is 2.46. The summed E-state index contributed by atoms with van der Waals surface area (Å²) >= 11 is 5.73. The van der Waals surface area contributed by atoms with Crippen molar-refractivity contribution in [1.82, 2.24) is 14.8 Å². The van der Waals surface area contributed by atoms with Crippen molar-refractivity contribution in [3.8, 4) is 0 Å². The molecule has 3 aromatic rings. The number of hydrogen-bond acceptors (Lipinski definition) is 3. The van der Waals surface area contributed by atoms with Gasteiger partial charge in [0, 0.05) is 35.2 Å². The third kappa shape index (κ3) is 6.00. The summed E-state index contributed by atoms with van der Waals surface area (Å²) in [7, 11) is 0. The fraction of sp³-hybridized carbons (Fsp3) is 0.292. The number of benzene rings is 2. The average Bonchev–Trinajstić information content (AvgIpc) is 3.15. The minimum Gasteiger partial charge on any atom is -0.350 e. The van der Waals surface area contributed by atoms with Crippen molar-refractivity contribution in [3.05, 3.63) is 70.6 Å². The molecule has 11 heteroatoms. The first-order chi connectivity index (χ1) is 16.4. The smallest absolute Gasteiger partial charge is 0.350 e. The van der Waals surface area contributed by atoms with Crippen molar-refractivity contribution in [2.45, 2.75) is 39.2 Å². The quantitative estimate of drug-likeness (QED) is 0.351. The second-order valence-electron chi connectivity index (χ2n) is 8.12. The number of Topliss-reactive ketones (excluding diaryl/α,β-unsaturated/α-hetero) is 1. The predicted octanol–water partition coefficient (Wildman–Crippen LogP) is 4.73. The molecule has 186 valence electrons. The normalized spacial score (nSPS) is 11.7. The zero-order chi connectivity index (χ0) is 25.9. The molecule has 0 radical (unpaired) electrons. The standard InChI is InChI=1S/C24H22ClF4N3O3/c1-14(2)32(12-20(33)30-10-15-6-5-8-18(25)22(15)26)21(34)13-31-11-17(23(35)24(27,28)29)16-7-3-4-9-19(16)31/h3-9,11,14H,10,12-13H2,1-2H3,(H,30,33). The van der Waals surface area contributed by atoms with E-state index in [0.717, 1.165) is 6.20 Å². The van der Waals surface area contributed by atoms with Crippen LogP contribution < -0.4 is 5.32 Å². The van der Waals surface area contributed by atoms with Crippen LogP contribution in [-0.4, -0.2) is 45.8 Å². The Kier molecular flexibility index (Phi) is 7.84. The fourth-order valence-electron chi connectivity index (χ4n) is 3.60. The molecule has 3 rings (SSSR count). The third-order valence-corrected chi connectivity index (χ3v) is 5.65. The molecule has 1 aromatic heterocycles. The van der Waals surface area contributed by atoms with Gasteiger partial charge in [0.2, 0.25) is 11.8 Å². The average molecular weight is 512 g/mol. The second-order valence-corrected chi connectivity index (χ2v) is 8.53. The number of carbonyl (C=O) groups excluding carboxylic acids is 3. The predicted molar refractivity (Wildman–Crippen MR) is 122 cm³/mol. The Labute approximate surface area is 203 Å². The van der Waals surface area contributed by atoms with E-state index in [2.05, 4.69) is 5.32 Å². The summed E-state index contributed by atoms with van der Waals surface area (Å²) in [5, 5.41) is 2.51. The zero-order valence-electron chi connectivity index (χ0n) is 18.8. The van der Waals surface area contributed by atoms with E-state index in [4.69, 9.17) is 11.6 Å². The molecular weight excluding hydrogens is 490 g/mol. The first-order valence-corrected chi connectivity index (χ1v) is 11.0. The summed E-state index contributed by atoms with van der Waals surface area (Å²) < 4.78 is 54.4. The van der Waals surface area contributed by atoms with E-state index in [1.54, 1.807) is 19.9 Å². The highest BCUT2D eigenvalue weighted by Gasteiger charge is 2.41. The maximum atomic E-state index is 14.0. The van der Waals surface area contributed by atoms with E-state index in [0.29, 0.717) is 0 Å². The van der Waals surface area contributed by atoms with Crippen LogP contribution in [-0.2, 0) is 22.7 Å². The number of nitrogens with one attached hydrogen (secondary N) is 1. The molecule has 6 nitrogen and oxygen atoms in total. The molecule has 0 spiro atoms. The summed E-state index contributed by atoms with van der Waals surface area (Å²) in [5.41, 5.74) is -0.106. The van der Waals surface area contributed by atoms with Gasteiger partial charge < -0.3 is 14.8 Å². The van der Waals surface area contributed by atoms with Crippen molar-refractivity contribution in [2.75, 3.05) is 6.54 Å². The number of hydrogen-bond donors (Lipinski definition) is 1. The van der Waals surface area contributed by atoms with Crippen LogP contribution >= 0.6 is 11.6 Å². The molecule has 0 atom stereocenters. The molecule has 0 unspecified atom stereocenters. The van der Waals surface area contributed by atoms with Crippen LogP contribution in [0.4, 0.5) is 17.6 Å². The largest absolute Gasteiger partial charge is 0.454 e. The van der Waals surface area contributed by atoms with Crippen LogP contribution in [0.15, 0.2) is 48.7 Å². The van der Waals surface area contributed by atoms with Crippen molar-refractivity contribution in [2.24, 2.45) is 0 Å². The first kappa shape index (κ1) is 26.2. The first-order valence-electron chi connectivity index (χ1n) is 10.6. The molecule has 1 N–H and O–H groups in total. The number of rotatable bonds is 8. The molecule has 1 heterocycles. The highest BCUT2D eigenvalue weighted by atomic mass is 35.5. The van der Waals surface area contributed by atoms with E-state index in [9.17, 15) is 31.9 Å². The van der Waals surface area contributed by atoms with Crippen LogP contribution in [0, 0.1) is 5.82 Å². The number of carbonyl (C=O) groups is 3. The fourth-order valence-corrected chi connectivity index (χ4v) is 3.79. The van der Waals surface area contributed by atoms with Gasteiger partial charge in [0.05, 0.1) is 17.1 Å². The summed E-state index contributed by atoms with van der Waals surface area (Å²) in [6, 6.07) is 9.90. The Morgan fingerprint density at radius 3 is 2.43 bits per heavy atom. The van der Waals surface area contributed by atoms with Gasteiger partial charge >= 0.3 is 6.18 Å². The maximum absolute atomic E-state index is 14.0. The Balaban J connectivity index is 1.76. The SMILES string of the molecule is CC(C)N(CC(=O)NCc1cccc(Cl)c1F)C(=O)Cn1cc(C(=O)C(F)(F)F)c2ccccc21. The van der Waals surface area contributed by atoms with Gasteiger partial charge in [0.1, 0.15) is 12.4 Å². The minimum atomic E-state index is -5.07. The maximum Gasteiger partial charge on any atom is 0.454 e. The van der Waals surface area contributed by atoms with Crippen molar-refractivity contribution < 1.29 is 31.9 Å². The number of alkyl halides is 3. The summed E-state index contributed by atoms with van der Waals surface area (Å²) in [6.07, 6.45) is -4.07. The van der Waals surface area contributed by atoms with Crippen LogP contribution in [0.1, 0.15) is 29.8 Å². The van der Waals surface area contributed by atoms with E-state index in [-0.39, 0.29) is 41.1 Å². The van der Waals surface area contributed by atoms with E-state index in [1.807, 2.05) is 0 Å². The van der Waals surface area contributed by atoms with Crippen LogP contribution in [0.2, 0.25) is 5.02 Å². The van der Waals surface area contributed by atoms with Gasteiger partial charge in [-0.25, -0.2) is 4.39 Å². The van der Waals surface area contributed by atoms with Crippen LogP contribution in [0.5, 0.6) is 0 Å². The molecule has 0 bridgehead atoms. The minimum absolute atomic E-state index is 0.0695. The third-order valence-electron chi connectivity index (χ3n) is 5.36. The Morgan fingerprint density at radius 2 is 1.77 bits per heavy atom. The number of halogens is 5. The summed E-state index contributed by atoms with van der Waals surface area (Å²) in [5.74, 6) is -3.77. The van der Waals surface area contributed by atoms with Crippen LogP contribution in [0.25, 0.3) is 10.9 Å². The monoisotopic (exact) mass is 511 g/mol. The van der Waals surface area contributed by atoms with Crippen LogP contribution in [0.3, 0.4) is 0 Å². The topological polar surface area (TPSA) is 71.4 Å². The van der Waals surface area contributed by atoms with Crippen molar-refractivity contribution in [1.29, 1.82) is 0 Å². The number of para-hydroxylation sites is 1. The molecule has 0 aliphatic carbocycles. The van der Waals surface area contributed by atoms with E-state index >= 15 is 0 Å². The molecule has 0 saturated carbocycles. The number of nitrogens with zero attached hydrogens (tertiary/aromatic N) is 2. The zero-order valence-corrected chi connectivity index (χ0v) is 19.6. The van der Waals surface area contributed by atoms with E-state index in [1.165, 1.54) is 45.9 Å². The molecule has 2 aromatic carbocycles. The van der Waals surface area contributed by atoms with Crippen molar-refractivity contribution in [3.63, 3.8) is 0 Å². The number of fused-ring (bicyclic) bond motifs is 1. The highest BCUT2D eigenvalue weighted by Crippen LogP contribution is 2.28. The van der Waals surface area contributed by atoms with Gasteiger partial charge in [0.25, 0.3) is 5.78 Å². The molecular formula is C24H22ClF4N3O3. The van der Waals surface area contributed by atoms with Gasteiger partial charge in [-0.15, -0.1) is 0 Å². The molecule has 0 saturated heterocycles. The lowest BCUT2D eigenvalue weighted by Crippen LogP contribution is -2.45. The second kappa shape index (κ2) is 10.5. The lowest BCUT2D eigenvalue weighted by Gasteiger charge is -2.26.